The molecule has 6 heteroatoms. The number of hydrogen-bond donors (Lipinski definition) is 1. The van der Waals surface area contributed by atoms with Crippen molar-refractivity contribution >= 4 is 27.3 Å². The van der Waals surface area contributed by atoms with Crippen LogP contribution in [0.2, 0.25) is 0 Å². The average molecular weight is 338 g/mol. The number of Topliss-reactive ketones (excluding diaryl/α,β-unsaturated/α-hetero) is 1. The highest BCUT2D eigenvalue weighted by molar-refractivity contribution is 7.85. The van der Waals surface area contributed by atoms with E-state index in [1.54, 1.807) is 6.92 Å². The monoisotopic (exact) mass is 338 g/mol. The SMILES string of the molecule is CC(=O)c1ccc2c(c1)C(C)(C)C(C)=[N+]2CCCCS(=O)(=O)O. The molecule has 1 aromatic carbocycles. The molecule has 1 heterocycles. The molecule has 0 atom stereocenters. The number of fused-ring (bicyclic) bond motifs is 1. The van der Waals surface area contributed by atoms with Gasteiger partial charge in [0.1, 0.15) is 6.54 Å². The van der Waals surface area contributed by atoms with E-state index in [0.29, 0.717) is 24.9 Å². The second kappa shape index (κ2) is 6.17. The van der Waals surface area contributed by atoms with Crippen molar-refractivity contribution in [3.8, 4) is 0 Å². The van der Waals surface area contributed by atoms with Gasteiger partial charge in [0.05, 0.1) is 11.2 Å². The molecule has 0 unspecified atom stereocenters. The number of carbonyl (C=O) groups excluding carboxylic acids is 1. The number of hydrogen-bond acceptors (Lipinski definition) is 3. The largest absolute Gasteiger partial charge is 0.295 e. The number of ketones is 1. The molecule has 0 bridgehead atoms. The fourth-order valence-electron chi connectivity index (χ4n) is 3.05. The maximum absolute atomic E-state index is 11.6. The van der Waals surface area contributed by atoms with Crippen molar-refractivity contribution in [2.45, 2.75) is 46.0 Å². The molecule has 1 aliphatic heterocycles. The third-order valence-electron chi connectivity index (χ3n) is 4.71. The molecule has 0 saturated heterocycles. The summed E-state index contributed by atoms with van der Waals surface area (Å²) in [5.41, 5.74) is 3.92. The molecule has 5 nitrogen and oxygen atoms in total. The van der Waals surface area contributed by atoms with Gasteiger partial charge in [-0.2, -0.15) is 13.0 Å². The molecule has 0 radical (unpaired) electrons. The summed E-state index contributed by atoms with van der Waals surface area (Å²) in [5.74, 6) is -0.160. The van der Waals surface area contributed by atoms with Crippen LogP contribution in [0, 0.1) is 0 Å². The van der Waals surface area contributed by atoms with Gasteiger partial charge in [-0.05, 0) is 39.3 Å². The first-order valence-electron chi connectivity index (χ1n) is 7.76. The van der Waals surface area contributed by atoms with Gasteiger partial charge in [0.15, 0.2) is 11.5 Å². The second-order valence-corrected chi connectivity index (χ2v) is 8.22. The van der Waals surface area contributed by atoms with Crippen molar-refractivity contribution in [2.24, 2.45) is 0 Å². The average Bonchev–Trinajstić information content (AvgIpc) is 2.62. The van der Waals surface area contributed by atoms with E-state index in [4.69, 9.17) is 4.55 Å². The van der Waals surface area contributed by atoms with Gasteiger partial charge in [0.25, 0.3) is 10.1 Å². The summed E-state index contributed by atoms with van der Waals surface area (Å²) in [7, 11) is -3.89. The Hall–Kier alpha value is -1.53. The second-order valence-electron chi connectivity index (χ2n) is 6.64. The third kappa shape index (κ3) is 3.70. The normalized spacial score (nSPS) is 16.6. The van der Waals surface area contributed by atoms with Gasteiger partial charge in [0.2, 0.25) is 5.69 Å². The predicted molar refractivity (Wildman–Crippen MR) is 90.6 cm³/mol. The Morgan fingerprint density at radius 3 is 2.48 bits per heavy atom. The van der Waals surface area contributed by atoms with E-state index >= 15 is 0 Å². The van der Waals surface area contributed by atoms with Crippen molar-refractivity contribution in [3.63, 3.8) is 0 Å². The first kappa shape index (κ1) is 17.8. The maximum atomic E-state index is 11.6. The van der Waals surface area contributed by atoms with Crippen LogP contribution in [0.1, 0.15) is 56.5 Å². The van der Waals surface area contributed by atoms with Gasteiger partial charge in [-0.25, -0.2) is 0 Å². The zero-order valence-electron chi connectivity index (χ0n) is 14.1. The number of benzene rings is 1. The van der Waals surface area contributed by atoms with Crippen molar-refractivity contribution in [1.29, 1.82) is 0 Å². The minimum atomic E-state index is -3.89. The van der Waals surface area contributed by atoms with E-state index in [-0.39, 0.29) is 17.0 Å². The Morgan fingerprint density at radius 1 is 1.26 bits per heavy atom. The molecule has 0 aromatic heterocycles. The molecule has 0 aliphatic carbocycles. The van der Waals surface area contributed by atoms with Gasteiger partial charge in [-0.15, -0.1) is 0 Å². The molecular weight excluding hydrogens is 314 g/mol. The standard InChI is InChI=1S/C17H23NO4S/c1-12(19)14-7-8-16-15(11-14)17(3,4)13(2)18(16)9-5-6-10-23(20,21)22/h7-8,11H,5-6,9-10H2,1-4H3/p+1. The van der Waals surface area contributed by atoms with Crippen molar-refractivity contribution in [1.82, 2.24) is 0 Å². The lowest BCUT2D eigenvalue weighted by atomic mass is 9.81. The van der Waals surface area contributed by atoms with Crippen LogP contribution in [-0.4, -0.2) is 41.3 Å². The topological polar surface area (TPSA) is 74.5 Å². The van der Waals surface area contributed by atoms with E-state index in [9.17, 15) is 13.2 Å². The van der Waals surface area contributed by atoms with Crippen molar-refractivity contribution in [2.75, 3.05) is 12.3 Å². The minimum Gasteiger partial charge on any atom is -0.295 e. The Kier molecular flexibility index (Phi) is 4.78. The predicted octanol–water partition coefficient (Wildman–Crippen LogP) is 2.95. The van der Waals surface area contributed by atoms with E-state index < -0.39 is 10.1 Å². The van der Waals surface area contributed by atoms with Crippen molar-refractivity contribution in [3.05, 3.63) is 29.3 Å². The molecule has 0 spiro atoms. The quantitative estimate of drug-likeness (QED) is 0.374. The number of unbranched alkanes of at least 4 members (excludes halogenated alkanes) is 1. The zero-order valence-corrected chi connectivity index (χ0v) is 14.9. The van der Waals surface area contributed by atoms with E-state index in [0.717, 1.165) is 11.3 Å². The van der Waals surface area contributed by atoms with Gasteiger partial charge in [-0.3, -0.25) is 9.35 Å². The van der Waals surface area contributed by atoms with Crippen LogP contribution >= 0.6 is 0 Å². The van der Waals surface area contributed by atoms with Gasteiger partial charge >= 0.3 is 0 Å². The summed E-state index contributed by atoms with van der Waals surface area (Å²) < 4.78 is 32.6. The molecule has 0 saturated carbocycles. The molecule has 0 fully saturated rings. The summed E-state index contributed by atoms with van der Waals surface area (Å²) >= 11 is 0. The van der Waals surface area contributed by atoms with Gasteiger partial charge < -0.3 is 0 Å². The van der Waals surface area contributed by atoms with Crippen LogP contribution in [0.25, 0.3) is 0 Å². The fourth-order valence-corrected chi connectivity index (χ4v) is 3.62. The maximum Gasteiger partial charge on any atom is 0.264 e. The minimum absolute atomic E-state index is 0.0489. The summed E-state index contributed by atoms with van der Waals surface area (Å²) in [4.78, 5) is 11.6. The van der Waals surface area contributed by atoms with Crippen LogP contribution < -0.4 is 0 Å². The van der Waals surface area contributed by atoms with Gasteiger partial charge in [-0.1, -0.05) is 0 Å². The number of rotatable bonds is 6. The van der Waals surface area contributed by atoms with E-state index in [1.807, 2.05) is 18.2 Å². The van der Waals surface area contributed by atoms with E-state index in [2.05, 4.69) is 25.3 Å². The van der Waals surface area contributed by atoms with Crippen LogP contribution in [0.15, 0.2) is 18.2 Å². The highest BCUT2D eigenvalue weighted by Gasteiger charge is 2.42. The Bertz CT molecular complexity index is 776. The lowest BCUT2D eigenvalue weighted by Crippen LogP contribution is -2.27. The Labute approximate surface area is 137 Å². The van der Waals surface area contributed by atoms with Crippen LogP contribution in [0.3, 0.4) is 0 Å². The third-order valence-corrected chi connectivity index (χ3v) is 5.52. The highest BCUT2D eigenvalue weighted by atomic mass is 32.2. The molecule has 0 amide bonds. The van der Waals surface area contributed by atoms with Crippen LogP contribution in [-0.2, 0) is 15.5 Å². The lowest BCUT2D eigenvalue weighted by Gasteiger charge is -2.15. The molecule has 1 aromatic rings. The zero-order chi connectivity index (χ0) is 17.4. The first-order valence-corrected chi connectivity index (χ1v) is 9.37. The highest BCUT2D eigenvalue weighted by Crippen LogP contribution is 2.40. The molecular formula is C17H24NO4S+. The summed E-state index contributed by atoms with van der Waals surface area (Å²) in [6.45, 7) is 8.58. The summed E-state index contributed by atoms with van der Waals surface area (Å²) in [6, 6.07) is 5.76. The number of carbonyl (C=O) groups is 1. The summed E-state index contributed by atoms with van der Waals surface area (Å²) in [6.07, 6.45) is 1.09. The fraction of sp³-hybridized carbons (Fsp3) is 0.529. The van der Waals surface area contributed by atoms with Gasteiger partial charge in [0, 0.05) is 30.5 Å². The summed E-state index contributed by atoms with van der Waals surface area (Å²) in [5, 5.41) is 0. The molecule has 1 aliphatic rings. The van der Waals surface area contributed by atoms with Crippen molar-refractivity contribution < 1.29 is 22.3 Å². The molecule has 2 rings (SSSR count). The molecule has 23 heavy (non-hydrogen) atoms. The van der Waals surface area contributed by atoms with E-state index in [1.165, 1.54) is 5.71 Å². The molecule has 1 N–H and O–H groups in total. The Balaban J connectivity index is 2.25. The lowest BCUT2D eigenvalue weighted by molar-refractivity contribution is -0.439. The van der Waals surface area contributed by atoms with Crippen LogP contribution in [0.5, 0.6) is 0 Å². The number of nitrogens with zero attached hydrogens (tertiary/aromatic N) is 1. The smallest absolute Gasteiger partial charge is 0.264 e. The van der Waals surface area contributed by atoms with Crippen LogP contribution in [0.4, 0.5) is 5.69 Å². The molecule has 126 valence electrons. The Morgan fingerprint density at radius 2 is 1.91 bits per heavy atom. The first-order chi connectivity index (χ1) is 10.5.